The van der Waals surface area contributed by atoms with E-state index in [-0.39, 0.29) is 17.8 Å². The highest BCUT2D eigenvalue weighted by molar-refractivity contribution is 5.95. The molecule has 86 valence electrons. The lowest BCUT2D eigenvalue weighted by Gasteiger charge is -2.32. The van der Waals surface area contributed by atoms with Crippen LogP contribution in [0.1, 0.15) is 24.5 Å². The normalized spacial score (nSPS) is 27.1. The van der Waals surface area contributed by atoms with E-state index in [2.05, 4.69) is 12.1 Å². The first kappa shape index (κ1) is 10.3. The van der Waals surface area contributed by atoms with Gasteiger partial charge in [-0.25, -0.2) is 0 Å². The molecule has 3 rings (SSSR count). The van der Waals surface area contributed by atoms with E-state index >= 15 is 0 Å². The van der Waals surface area contributed by atoms with Crippen LogP contribution in [0.25, 0.3) is 0 Å². The molecule has 0 aromatic heterocycles. The van der Waals surface area contributed by atoms with Gasteiger partial charge in [0.15, 0.2) is 5.78 Å². The Kier molecular flexibility index (Phi) is 2.56. The molecule has 17 heavy (non-hydrogen) atoms. The van der Waals surface area contributed by atoms with Crippen LogP contribution in [0.4, 0.5) is 0 Å². The van der Waals surface area contributed by atoms with E-state index in [0.29, 0.717) is 0 Å². The van der Waals surface area contributed by atoms with E-state index in [1.165, 1.54) is 5.56 Å². The van der Waals surface area contributed by atoms with Crippen LogP contribution in [0, 0.1) is 5.92 Å². The molecular weight excluding hydrogens is 212 g/mol. The summed E-state index contributed by atoms with van der Waals surface area (Å²) in [6, 6.07) is 10.2. The van der Waals surface area contributed by atoms with Crippen molar-refractivity contribution >= 4 is 5.78 Å². The van der Waals surface area contributed by atoms with Crippen molar-refractivity contribution < 1.29 is 9.53 Å². The summed E-state index contributed by atoms with van der Waals surface area (Å²) in [6.45, 7) is 0. The van der Waals surface area contributed by atoms with Crippen molar-refractivity contribution in [1.29, 1.82) is 0 Å². The summed E-state index contributed by atoms with van der Waals surface area (Å²) in [6.07, 6.45) is 7.22. The van der Waals surface area contributed by atoms with Gasteiger partial charge in [0.05, 0.1) is 5.92 Å². The predicted molar refractivity (Wildman–Crippen MR) is 65.2 cm³/mol. The van der Waals surface area contributed by atoms with E-state index < -0.39 is 0 Å². The van der Waals surface area contributed by atoms with Gasteiger partial charge in [0.2, 0.25) is 0 Å². The van der Waals surface area contributed by atoms with Crippen molar-refractivity contribution in [3.8, 4) is 0 Å². The van der Waals surface area contributed by atoms with Crippen LogP contribution in [-0.2, 0) is 9.53 Å². The van der Waals surface area contributed by atoms with Crippen molar-refractivity contribution in [2.75, 3.05) is 0 Å². The predicted octanol–water partition coefficient (Wildman–Crippen LogP) is 3.18. The molecular formula is C15H14O2. The number of hydrogen-bond donors (Lipinski definition) is 0. The van der Waals surface area contributed by atoms with Gasteiger partial charge >= 0.3 is 0 Å². The molecule has 0 amide bonds. The van der Waals surface area contributed by atoms with Crippen molar-refractivity contribution in [2.24, 2.45) is 5.92 Å². The fraction of sp³-hybridized carbons (Fsp3) is 0.267. The molecule has 2 nitrogen and oxygen atoms in total. The monoisotopic (exact) mass is 226 g/mol. The third-order valence-electron chi connectivity index (χ3n) is 3.38. The van der Waals surface area contributed by atoms with Gasteiger partial charge in [-0.1, -0.05) is 36.4 Å². The van der Waals surface area contributed by atoms with Crippen LogP contribution >= 0.6 is 0 Å². The number of carbonyl (C=O) groups is 1. The van der Waals surface area contributed by atoms with Crippen LogP contribution in [-0.4, -0.2) is 5.78 Å². The Morgan fingerprint density at radius 2 is 1.94 bits per heavy atom. The van der Waals surface area contributed by atoms with Crippen molar-refractivity contribution in [3.63, 3.8) is 0 Å². The molecule has 0 N–H and O–H groups in total. The molecule has 2 heteroatoms. The van der Waals surface area contributed by atoms with Crippen LogP contribution in [0.3, 0.4) is 0 Å². The Morgan fingerprint density at radius 1 is 1.12 bits per heavy atom. The molecule has 1 aliphatic carbocycles. The molecule has 1 heterocycles. The second kappa shape index (κ2) is 4.21. The van der Waals surface area contributed by atoms with Crippen LogP contribution in [0.5, 0.6) is 0 Å². The second-order valence-electron chi connectivity index (χ2n) is 4.48. The molecule has 1 aromatic carbocycles. The fourth-order valence-corrected chi connectivity index (χ4v) is 2.46. The van der Waals surface area contributed by atoms with Crippen molar-refractivity contribution in [1.82, 2.24) is 0 Å². The Balaban J connectivity index is 1.83. The highest BCUT2D eigenvalue weighted by Gasteiger charge is 2.32. The number of allylic oxidation sites excluding steroid dienone is 4. The summed E-state index contributed by atoms with van der Waals surface area (Å²) in [5.41, 5.74) is 1.19. The fourth-order valence-electron chi connectivity index (χ4n) is 2.46. The first-order valence-electron chi connectivity index (χ1n) is 5.98. The zero-order valence-corrected chi connectivity index (χ0v) is 9.50. The van der Waals surface area contributed by atoms with Crippen molar-refractivity contribution in [2.45, 2.75) is 18.9 Å². The number of carbonyl (C=O) groups excluding carboxylic acids is 1. The van der Waals surface area contributed by atoms with Crippen LogP contribution in [0.2, 0.25) is 0 Å². The first-order valence-corrected chi connectivity index (χ1v) is 5.98. The molecule has 0 radical (unpaired) electrons. The summed E-state index contributed by atoms with van der Waals surface area (Å²) in [5, 5.41) is 0. The van der Waals surface area contributed by atoms with E-state index in [1.807, 2.05) is 24.3 Å². The standard InChI is InChI=1S/C15H14O2/c16-13-7-4-8-15-12(13)9-10-14(17-15)11-5-2-1-3-6-11/h1-8,12,14H,9-10H2. The molecule has 2 unspecified atom stereocenters. The Bertz CT molecular complexity index is 485. The van der Waals surface area contributed by atoms with Gasteiger partial charge in [-0.3, -0.25) is 4.79 Å². The number of rotatable bonds is 1. The SMILES string of the molecule is O=C1C=CC=C2OC(c3ccccc3)CCC12. The topological polar surface area (TPSA) is 26.3 Å². The lowest BCUT2D eigenvalue weighted by atomic mass is 9.87. The molecule has 1 aliphatic heterocycles. The average molecular weight is 226 g/mol. The minimum Gasteiger partial charge on any atom is -0.489 e. The minimum absolute atomic E-state index is 0.0417. The number of fused-ring (bicyclic) bond motifs is 1. The van der Waals surface area contributed by atoms with E-state index in [1.54, 1.807) is 12.2 Å². The van der Waals surface area contributed by atoms with Gasteiger partial charge in [-0.05, 0) is 30.6 Å². The lowest BCUT2D eigenvalue weighted by molar-refractivity contribution is -0.120. The molecule has 0 bridgehead atoms. The Morgan fingerprint density at radius 3 is 2.76 bits per heavy atom. The molecule has 1 aromatic rings. The van der Waals surface area contributed by atoms with Crippen LogP contribution in [0.15, 0.2) is 54.3 Å². The maximum Gasteiger partial charge on any atom is 0.166 e. The summed E-state index contributed by atoms with van der Waals surface area (Å²) < 4.78 is 5.94. The van der Waals surface area contributed by atoms with E-state index in [9.17, 15) is 4.79 Å². The molecule has 2 atom stereocenters. The smallest absolute Gasteiger partial charge is 0.166 e. The average Bonchev–Trinajstić information content (AvgIpc) is 2.40. The first-order chi connectivity index (χ1) is 8.34. The lowest BCUT2D eigenvalue weighted by Crippen LogP contribution is -2.25. The summed E-state index contributed by atoms with van der Waals surface area (Å²) in [7, 11) is 0. The highest BCUT2D eigenvalue weighted by atomic mass is 16.5. The summed E-state index contributed by atoms with van der Waals surface area (Å²) in [5.74, 6) is 0.964. The molecule has 1 saturated heterocycles. The quantitative estimate of drug-likeness (QED) is 0.735. The number of benzene rings is 1. The molecule has 0 saturated carbocycles. The maximum absolute atomic E-state index is 11.7. The molecule has 2 aliphatic rings. The number of ketones is 1. The summed E-state index contributed by atoms with van der Waals surface area (Å²) in [4.78, 5) is 11.7. The zero-order chi connectivity index (χ0) is 11.7. The second-order valence-corrected chi connectivity index (χ2v) is 4.48. The van der Waals surface area contributed by atoms with Gasteiger partial charge in [-0.15, -0.1) is 0 Å². The largest absolute Gasteiger partial charge is 0.489 e. The third kappa shape index (κ3) is 1.91. The highest BCUT2D eigenvalue weighted by Crippen LogP contribution is 2.38. The maximum atomic E-state index is 11.7. The van der Waals surface area contributed by atoms with Crippen LogP contribution < -0.4 is 0 Å². The molecule has 1 fully saturated rings. The van der Waals surface area contributed by atoms with Gasteiger partial charge in [0, 0.05) is 0 Å². The van der Waals surface area contributed by atoms with Gasteiger partial charge in [0.1, 0.15) is 11.9 Å². The molecule has 0 spiro atoms. The Hall–Kier alpha value is -1.83. The third-order valence-corrected chi connectivity index (χ3v) is 3.38. The van der Waals surface area contributed by atoms with Gasteiger partial charge < -0.3 is 4.74 Å². The summed E-state index contributed by atoms with van der Waals surface area (Å²) >= 11 is 0. The Labute approximate surface area is 101 Å². The zero-order valence-electron chi connectivity index (χ0n) is 9.50. The van der Waals surface area contributed by atoms with Gasteiger partial charge in [-0.2, -0.15) is 0 Å². The number of ether oxygens (including phenoxy) is 1. The van der Waals surface area contributed by atoms with E-state index in [4.69, 9.17) is 4.74 Å². The van der Waals surface area contributed by atoms with E-state index in [0.717, 1.165) is 18.6 Å². The number of hydrogen-bond acceptors (Lipinski definition) is 2. The minimum atomic E-state index is -0.0417. The van der Waals surface area contributed by atoms with Gasteiger partial charge in [0.25, 0.3) is 0 Å². The van der Waals surface area contributed by atoms with Crippen molar-refractivity contribution in [3.05, 3.63) is 59.9 Å².